The summed E-state index contributed by atoms with van der Waals surface area (Å²) in [6.45, 7) is 0. The minimum atomic E-state index is 0.619. The molecule has 1 aromatic rings. The van der Waals surface area contributed by atoms with Crippen molar-refractivity contribution in [2.45, 2.75) is 11.0 Å². The molecule has 0 saturated carbocycles. The first-order valence-corrected chi connectivity index (χ1v) is 7.91. The molecule has 1 saturated heterocycles. The molecule has 0 aliphatic carbocycles. The average molecular weight is 301 g/mol. The predicted octanol–water partition coefficient (Wildman–Crippen LogP) is 4.62. The van der Waals surface area contributed by atoms with Crippen molar-refractivity contribution in [1.82, 2.24) is 0 Å². The maximum atomic E-state index is 3.66. The third kappa shape index (κ3) is 3.58. The molecule has 1 aromatic carbocycles. The Balaban J connectivity index is 2.06. The van der Waals surface area contributed by atoms with Crippen LogP contribution in [0.25, 0.3) is 4.48 Å². The first kappa shape index (κ1) is 11.6. The van der Waals surface area contributed by atoms with E-state index in [1.54, 1.807) is 0 Å². The maximum Gasteiger partial charge on any atom is 0.0696 e. The van der Waals surface area contributed by atoms with Crippen molar-refractivity contribution in [2.24, 2.45) is 0 Å². The van der Waals surface area contributed by atoms with Gasteiger partial charge in [0.05, 0.1) is 4.58 Å². The molecule has 1 heterocycles. The highest BCUT2D eigenvalue weighted by Crippen LogP contribution is 2.34. The molecule has 0 amide bonds. The molecule has 2 rings (SSSR count). The number of hydrogen-bond donors (Lipinski definition) is 0. The Bertz CT molecular complexity index is 329. The van der Waals surface area contributed by atoms with E-state index in [0.717, 1.165) is 0 Å². The fraction of sp³-hybridized carbons (Fsp3) is 0.333. The van der Waals surface area contributed by atoms with Gasteiger partial charge in [0.2, 0.25) is 0 Å². The van der Waals surface area contributed by atoms with Crippen molar-refractivity contribution < 1.29 is 0 Å². The number of thioether (sulfide) groups is 2. The first-order valence-electron chi connectivity index (χ1n) is 5.02. The monoisotopic (exact) mass is 300 g/mol. The quantitative estimate of drug-likeness (QED) is 0.782. The van der Waals surface area contributed by atoms with Crippen LogP contribution in [0, 0.1) is 0 Å². The van der Waals surface area contributed by atoms with Crippen LogP contribution in [0.2, 0.25) is 0 Å². The number of rotatable bonds is 2. The molecule has 0 radical (unpaired) electrons. The highest BCUT2D eigenvalue weighted by Gasteiger charge is 2.12. The Morgan fingerprint density at radius 1 is 1.20 bits per heavy atom. The summed E-state index contributed by atoms with van der Waals surface area (Å²) in [5, 5.41) is 0. The van der Waals surface area contributed by atoms with E-state index in [-0.39, 0.29) is 0 Å². The van der Waals surface area contributed by atoms with Crippen molar-refractivity contribution in [1.29, 1.82) is 0 Å². The third-order valence-electron chi connectivity index (χ3n) is 2.18. The lowest BCUT2D eigenvalue weighted by molar-refractivity contribution is 1.11. The van der Waals surface area contributed by atoms with Crippen molar-refractivity contribution in [2.75, 3.05) is 11.5 Å². The second-order valence-corrected chi connectivity index (χ2v) is 7.00. The van der Waals surface area contributed by atoms with E-state index < -0.39 is 0 Å². The Morgan fingerprint density at radius 2 is 1.87 bits per heavy atom. The van der Waals surface area contributed by atoms with Crippen LogP contribution in [-0.2, 0) is 0 Å². The normalized spacial score (nSPS) is 19.1. The number of hydrogen-bond acceptors (Lipinski definition) is 2. The molecule has 0 spiro atoms. The summed E-state index contributed by atoms with van der Waals surface area (Å²) < 4.78 is 1.84. The van der Waals surface area contributed by atoms with Crippen LogP contribution < -0.4 is 0 Å². The van der Waals surface area contributed by atoms with Gasteiger partial charge in [0, 0.05) is 4.48 Å². The van der Waals surface area contributed by atoms with Gasteiger partial charge in [0.1, 0.15) is 0 Å². The molecule has 0 atom stereocenters. The molecular weight excluding hydrogens is 288 g/mol. The molecule has 1 fully saturated rings. The summed E-state index contributed by atoms with van der Waals surface area (Å²) in [6.07, 6.45) is 3.67. The minimum Gasteiger partial charge on any atom is -0.143 e. The van der Waals surface area contributed by atoms with E-state index in [0.29, 0.717) is 4.58 Å². The zero-order valence-corrected chi connectivity index (χ0v) is 11.6. The minimum absolute atomic E-state index is 0.619. The van der Waals surface area contributed by atoms with Gasteiger partial charge in [-0.3, -0.25) is 0 Å². The molecule has 15 heavy (non-hydrogen) atoms. The van der Waals surface area contributed by atoms with Gasteiger partial charge in [-0.05, 0) is 29.6 Å². The van der Waals surface area contributed by atoms with Crippen LogP contribution in [0.4, 0.5) is 0 Å². The zero-order chi connectivity index (χ0) is 10.5. The van der Waals surface area contributed by atoms with Gasteiger partial charge in [-0.1, -0.05) is 46.3 Å². The molecule has 0 aromatic heterocycles. The fourth-order valence-corrected chi connectivity index (χ4v) is 4.99. The Hall–Kier alpha value is 0.140. The third-order valence-corrected chi connectivity index (χ3v) is 5.70. The molecule has 0 nitrogen and oxygen atoms in total. The van der Waals surface area contributed by atoms with Crippen LogP contribution in [-0.4, -0.2) is 16.1 Å². The van der Waals surface area contributed by atoms with Gasteiger partial charge in [-0.2, -0.15) is 0 Å². The first-order chi connectivity index (χ1) is 7.36. The van der Waals surface area contributed by atoms with Crippen molar-refractivity contribution >= 4 is 43.9 Å². The smallest absolute Gasteiger partial charge is 0.0696 e. The molecule has 80 valence electrons. The predicted molar refractivity (Wildman–Crippen MR) is 76.7 cm³/mol. The van der Waals surface area contributed by atoms with E-state index in [9.17, 15) is 0 Å². The van der Waals surface area contributed by atoms with Crippen LogP contribution in [0.3, 0.4) is 0 Å². The molecule has 0 unspecified atom stereocenters. The second kappa shape index (κ2) is 6.02. The van der Waals surface area contributed by atoms with Crippen molar-refractivity contribution in [3.63, 3.8) is 0 Å². The second-order valence-electron chi connectivity index (χ2n) is 3.34. The van der Waals surface area contributed by atoms with E-state index in [4.69, 9.17) is 0 Å². The Kier molecular flexibility index (Phi) is 4.66. The number of halogens is 1. The molecule has 0 bridgehead atoms. The summed E-state index contributed by atoms with van der Waals surface area (Å²) in [4.78, 5) is 0. The van der Waals surface area contributed by atoms with Crippen LogP contribution in [0.1, 0.15) is 12.0 Å². The van der Waals surface area contributed by atoms with Gasteiger partial charge < -0.3 is 0 Å². The van der Waals surface area contributed by atoms with E-state index >= 15 is 0 Å². The van der Waals surface area contributed by atoms with Gasteiger partial charge in [0.25, 0.3) is 0 Å². The van der Waals surface area contributed by atoms with Crippen molar-refractivity contribution in [3.8, 4) is 0 Å². The van der Waals surface area contributed by atoms with Crippen molar-refractivity contribution in [3.05, 3.63) is 42.0 Å². The number of benzene rings is 1. The topological polar surface area (TPSA) is 0 Å². The standard InChI is InChI=1S/C12H13BrS2/c13-11(10-5-2-1-3-6-10)9-12-14-7-4-8-15-12/h1-3,5-6,9,12H,4,7-8H2. The summed E-state index contributed by atoms with van der Waals surface area (Å²) in [7, 11) is 0. The highest BCUT2D eigenvalue weighted by atomic mass is 79.9. The van der Waals surface area contributed by atoms with E-state index in [1.165, 1.54) is 28.0 Å². The zero-order valence-electron chi connectivity index (χ0n) is 8.36. The highest BCUT2D eigenvalue weighted by molar-refractivity contribution is 9.15. The molecule has 3 heteroatoms. The summed E-state index contributed by atoms with van der Waals surface area (Å²) >= 11 is 7.74. The summed E-state index contributed by atoms with van der Waals surface area (Å²) in [5.74, 6) is 2.59. The molecular formula is C12H13BrS2. The van der Waals surface area contributed by atoms with Gasteiger partial charge in [0.15, 0.2) is 0 Å². The summed E-state index contributed by atoms with van der Waals surface area (Å²) in [6, 6.07) is 10.5. The lowest BCUT2D eigenvalue weighted by Gasteiger charge is -2.18. The van der Waals surface area contributed by atoms with Gasteiger partial charge >= 0.3 is 0 Å². The maximum absolute atomic E-state index is 3.66. The van der Waals surface area contributed by atoms with Crippen LogP contribution in [0.5, 0.6) is 0 Å². The Morgan fingerprint density at radius 3 is 2.53 bits per heavy atom. The van der Waals surface area contributed by atoms with Crippen LogP contribution >= 0.6 is 39.5 Å². The largest absolute Gasteiger partial charge is 0.143 e. The van der Waals surface area contributed by atoms with Gasteiger partial charge in [-0.25, -0.2) is 0 Å². The van der Waals surface area contributed by atoms with Crippen LogP contribution in [0.15, 0.2) is 36.4 Å². The fourth-order valence-electron chi connectivity index (χ4n) is 1.42. The average Bonchev–Trinajstić information content (AvgIpc) is 2.31. The Labute approximate surface area is 108 Å². The molecule has 0 N–H and O–H groups in total. The lowest BCUT2D eigenvalue weighted by Crippen LogP contribution is -2.03. The molecule has 1 aliphatic rings. The van der Waals surface area contributed by atoms with E-state index in [1.807, 2.05) is 29.6 Å². The van der Waals surface area contributed by atoms with Gasteiger partial charge in [-0.15, -0.1) is 23.5 Å². The summed E-state index contributed by atoms with van der Waals surface area (Å²) in [5.41, 5.74) is 1.27. The molecule has 1 aliphatic heterocycles. The van der Waals surface area contributed by atoms with E-state index in [2.05, 4.69) is 46.3 Å². The lowest BCUT2D eigenvalue weighted by atomic mass is 10.2. The SMILES string of the molecule is BrC(=CC1SCCCS1)c1ccccc1.